The number of halogens is 3. The molecule has 0 aromatic rings. The van der Waals surface area contributed by atoms with Gasteiger partial charge in [0.1, 0.15) is 6.04 Å². The Morgan fingerprint density at radius 2 is 1.68 bits per heavy atom. The van der Waals surface area contributed by atoms with E-state index in [9.17, 15) is 21.6 Å². The second-order valence-corrected chi connectivity index (χ2v) is 6.56. The van der Waals surface area contributed by atoms with Crippen LogP contribution in [0.1, 0.15) is 19.3 Å². The van der Waals surface area contributed by atoms with Crippen LogP contribution >= 0.6 is 0 Å². The number of ether oxygens (including phenoxy) is 1. The normalized spacial score (nSPS) is 28.5. The van der Waals surface area contributed by atoms with Gasteiger partial charge in [-0.25, -0.2) is 0 Å². The van der Waals surface area contributed by atoms with Gasteiger partial charge < -0.3 is 4.74 Å². The Kier molecular flexibility index (Phi) is 4.38. The highest BCUT2D eigenvalue weighted by Crippen LogP contribution is 2.34. The Bertz CT molecular complexity index is 407. The Morgan fingerprint density at radius 1 is 1.05 bits per heavy atom. The van der Waals surface area contributed by atoms with Crippen LogP contribution in [0.4, 0.5) is 13.2 Å². The third-order valence-electron chi connectivity index (χ3n) is 3.42. The molecular weight excluding hydrogens is 285 g/mol. The molecule has 2 heterocycles. The van der Waals surface area contributed by atoms with Crippen molar-refractivity contribution in [3.05, 3.63) is 0 Å². The minimum absolute atomic E-state index is 0.0656. The van der Waals surface area contributed by atoms with Crippen LogP contribution in [0.3, 0.4) is 0 Å². The first kappa shape index (κ1) is 15.0. The second kappa shape index (κ2) is 5.55. The molecule has 2 aliphatic heterocycles. The molecule has 2 aliphatic rings. The molecule has 19 heavy (non-hydrogen) atoms. The van der Waals surface area contributed by atoms with Gasteiger partial charge in [-0.15, -0.1) is 0 Å². The maximum Gasteiger partial charge on any atom is 0.405 e. The van der Waals surface area contributed by atoms with Crippen molar-refractivity contribution >= 4 is 10.2 Å². The van der Waals surface area contributed by atoms with E-state index in [0.717, 1.165) is 4.31 Å². The van der Waals surface area contributed by atoms with E-state index in [4.69, 9.17) is 4.74 Å². The molecule has 5 nitrogen and oxygen atoms in total. The zero-order valence-corrected chi connectivity index (χ0v) is 11.2. The van der Waals surface area contributed by atoms with E-state index >= 15 is 0 Å². The molecule has 2 rings (SSSR count). The third kappa shape index (κ3) is 3.21. The summed E-state index contributed by atoms with van der Waals surface area (Å²) in [7, 11) is -4.05. The Hall–Kier alpha value is -0.380. The summed E-state index contributed by atoms with van der Waals surface area (Å²) in [5.74, 6) is 0. The van der Waals surface area contributed by atoms with E-state index < -0.39 is 22.4 Å². The average molecular weight is 302 g/mol. The van der Waals surface area contributed by atoms with Gasteiger partial charge in [-0.2, -0.15) is 30.2 Å². The number of hydrogen-bond acceptors (Lipinski definition) is 3. The molecule has 0 bridgehead atoms. The summed E-state index contributed by atoms with van der Waals surface area (Å²) >= 11 is 0. The topological polar surface area (TPSA) is 49.9 Å². The van der Waals surface area contributed by atoms with Gasteiger partial charge in [-0.1, -0.05) is 6.42 Å². The van der Waals surface area contributed by atoms with E-state index in [1.54, 1.807) is 0 Å². The average Bonchev–Trinajstić information content (AvgIpc) is 2.39. The fourth-order valence-electron chi connectivity index (χ4n) is 2.43. The summed E-state index contributed by atoms with van der Waals surface area (Å²) in [6, 6.07) is -1.89. The van der Waals surface area contributed by atoms with Gasteiger partial charge in [-0.05, 0) is 12.8 Å². The molecule has 2 fully saturated rings. The van der Waals surface area contributed by atoms with Gasteiger partial charge in [0.2, 0.25) is 0 Å². The minimum atomic E-state index is -4.51. The predicted octanol–water partition coefficient (Wildman–Crippen LogP) is 0.980. The summed E-state index contributed by atoms with van der Waals surface area (Å²) in [6.07, 6.45) is -3.80. The number of nitrogens with zero attached hydrogens (tertiary/aromatic N) is 2. The zero-order chi connectivity index (χ0) is 14.1. The van der Waals surface area contributed by atoms with Crippen molar-refractivity contribution in [1.29, 1.82) is 0 Å². The molecule has 2 saturated heterocycles. The molecule has 0 saturated carbocycles. The monoisotopic (exact) mass is 302 g/mol. The fourth-order valence-corrected chi connectivity index (χ4v) is 4.25. The molecule has 0 spiro atoms. The maximum atomic E-state index is 12.9. The lowest BCUT2D eigenvalue weighted by Crippen LogP contribution is -2.57. The summed E-state index contributed by atoms with van der Waals surface area (Å²) in [5, 5.41) is 0. The lowest BCUT2D eigenvalue weighted by Gasteiger charge is -2.39. The third-order valence-corrected chi connectivity index (χ3v) is 5.47. The molecule has 112 valence electrons. The van der Waals surface area contributed by atoms with Crippen molar-refractivity contribution in [3.8, 4) is 0 Å². The van der Waals surface area contributed by atoms with Crippen molar-refractivity contribution in [1.82, 2.24) is 8.61 Å². The molecule has 9 heteroatoms. The minimum Gasteiger partial charge on any atom is -0.379 e. The smallest absolute Gasteiger partial charge is 0.379 e. The summed E-state index contributed by atoms with van der Waals surface area (Å²) in [4.78, 5) is 0. The zero-order valence-electron chi connectivity index (χ0n) is 10.4. The van der Waals surface area contributed by atoms with Crippen LogP contribution in [0.5, 0.6) is 0 Å². The molecule has 0 aromatic heterocycles. The van der Waals surface area contributed by atoms with E-state index in [2.05, 4.69) is 0 Å². The molecule has 0 amide bonds. The number of piperidine rings is 1. The first-order chi connectivity index (χ1) is 8.83. The van der Waals surface area contributed by atoms with Gasteiger partial charge in [0, 0.05) is 19.6 Å². The molecule has 1 atom stereocenters. The lowest BCUT2D eigenvalue weighted by atomic mass is 10.1. The number of hydrogen-bond donors (Lipinski definition) is 0. The van der Waals surface area contributed by atoms with E-state index in [0.29, 0.717) is 17.1 Å². The fraction of sp³-hybridized carbons (Fsp3) is 1.00. The van der Waals surface area contributed by atoms with Crippen LogP contribution in [-0.2, 0) is 14.9 Å². The highest BCUT2D eigenvalue weighted by Gasteiger charge is 2.50. The van der Waals surface area contributed by atoms with Gasteiger partial charge in [0.25, 0.3) is 10.2 Å². The van der Waals surface area contributed by atoms with Crippen LogP contribution < -0.4 is 0 Å². The second-order valence-electron chi connectivity index (χ2n) is 4.68. The van der Waals surface area contributed by atoms with E-state index in [-0.39, 0.29) is 39.3 Å². The van der Waals surface area contributed by atoms with Crippen LogP contribution in [0.15, 0.2) is 0 Å². The molecule has 0 N–H and O–H groups in total. The maximum absolute atomic E-state index is 12.9. The van der Waals surface area contributed by atoms with Crippen molar-refractivity contribution in [2.45, 2.75) is 31.5 Å². The van der Waals surface area contributed by atoms with Crippen molar-refractivity contribution < 1.29 is 26.3 Å². The molecule has 0 aliphatic carbocycles. The SMILES string of the molecule is O=S(=O)(N1CCOCC1)N1CCCCC1C(F)(F)F. The van der Waals surface area contributed by atoms with Crippen molar-refractivity contribution in [2.75, 3.05) is 32.8 Å². The number of alkyl halides is 3. The molecule has 0 radical (unpaired) electrons. The largest absolute Gasteiger partial charge is 0.405 e. The van der Waals surface area contributed by atoms with Gasteiger partial charge >= 0.3 is 6.18 Å². The number of rotatable bonds is 2. The van der Waals surface area contributed by atoms with Gasteiger partial charge in [-0.3, -0.25) is 0 Å². The first-order valence-corrected chi connectivity index (χ1v) is 7.64. The standard InChI is InChI=1S/C10H17F3N2O3S/c11-10(12,13)9-3-1-2-4-15(9)19(16,17)14-5-7-18-8-6-14/h9H,1-8H2. The van der Waals surface area contributed by atoms with E-state index in [1.807, 2.05) is 0 Å². The predicted molar refractivity (Wildman–Crippen MR) is 61.7 cm³/mol. The van der Waals surface area contributed by atoms with Crippen LogP contribution in [0, 0.1) is 0 Å². The van der Waals surface area contributed by atoms with Crippen molar-refractivity contribution in [3.63, 3.8) is 0 Å². The first-order valence-electron chi connectivity index (χ1n) is 6.25. The van der Waals surface area contributed by atoms with Crippen LogP contribution in [-0.4, -0.2) is 62.1 Å². The van der Waals surface area contributed by atoms with Gasteiger partial charge in [0.05, 0.1) is 13.2 Å². The Morgan fingerprint density at radius 3 is 2.26 bits per heavy atom. The summed E-state index contributed by atoms with van der Waals surface area (Å²) in [6.45, 7) is 0.615. The summed E-state index contributed by atoms with van der Waals surface area (Å²) < 4.78 is 70.1. The summed E-state index contributed by atoms with van der Waals surface area (Å²) in [5.41, 5.74) is 0. The van der Waals surface area contributed by atoms with Gasteiger partial charge in [0.15, 0.2) is 0 Å². The molecule has 0 aromatic carbocycles. The lowest BCUT2D eigenvalue weighted by molar-refractivity contribution is -0.177. The van der Waals surface area contributed by atoms with Crippen molar-refractivity contribution in [2.24, 2.45) is 0 Å². The van der Waals surface area contributed by atoms with Crippen LogP contribution in [0.25, 0.3) is 0 Å². The quantitative estimate of drug-likeness (QED) is 0.764. The Balaban J connectivity index is 2.21. The highest BCUT2D eigenvalue weighted by molar-refractivity contribution is 7.86. The Labute approximate surface area is 110 Å². The highest BCUT2D eigenvalue weighted by atomic mass is 32.2. The van der Waals surface area contributed by atoms with Crippen LogP contribution in [0.2, 0.25) is 0 Å². The molecule has 1 unspecified atom stereocenters. The number of morpholine rings is 1. The molecular formula is C10H17F3N2O3S. The van der Waals surface area contributed by atoms with E-state index in [1.165, 1.54) is 0 Å².